The molecule has 0 spiro atoms. The summed E-state index contributed by atoms with van der Waals surface area (Å²) < 4.78 is 0. The van der Waals surface area contributed by atoms with Crippen LogP contribution in [-0.2, 0) is 0 Å². The summed E-state index contributed by atoms with van der Waals surface area (Å²) in [4.78, 5) is 2.50. The molecular weight excluding hydrogens is 280 g/mol. The molecule has 0 saturated heterocycles. The molecular formula is C18H29ClN2. The van der Waals surface area contributed by atoms with Crippen molar-refractivity contribution in [3.63, 3.8) is 0 Å². The second-order valence-electron chi connectivity index (χ2n) is 6.94. The first kappa shape index (κ1) is 16.8. The Labute approximate surface area is 134 Å². The van der Waals surface area contributed by atoms with Gasteiger partial charge in [0.2, 0.25) is 0 Å². The number of halogens is 1. The Morgan fingerprint density at radius 2 is 2.10 bits per heavy atom. The molecule has 4 unspecified atom stereocenters. The summed E-state index contributed by atoms with van der Waals surface area (Å²) in [6.45, 7) is 7.70. The van der Waals surface area contributed by atoms with E-state index in [2.05, 4.69) is 44.9 Å². The molecule has 0 aliphatic heterocycles. The largest absolute Gasteiger partial charge is 0.329 e. The Kier molecular flexibility index (Phi) is 5.34. The quantitative estimate of drug-likeness (QED) is 0.888. The highest BCUT2D eigenvalue weighted by molar-refractivity contribution is 6.30. The highest BCUT2D eigenvalue weighted by Crippen LogP contribution is 2.43. The van der Waals surface area contributed by atoms with E-state index in [9.17, 15) is 0 Å². The first-order valence-corrected chi connectivity index (χ1v) is 8.47. The van der Waals surface area contributed by atoms with Crippen LogP contribution < -0.4 is 5.73 Å². The summed E-state index contributed by atoms with van der Waals surface area (Å²) in [5.41, 5.74) is 7.63. The van der Waals surface area contributed by atoms with E-state index in [0.717, 1.165) is 17.5 Å². The van der Waals surface area contributed by atoms with Crippen LogP contribution in [0.5, 0.6) is 0 Å². The van der Waals surface area contributed by atoms with Gasteiger partial charge in [0.25, 0.3) is 0 Å². The van der Waals surface area contributed by atoms with Gasteiger partial charge in [-0.3, -0.25) is 4.90 Å². The van der Waals surface area contributed by atoms with Crippen molar-refractivity contribution in [2.24, 2.45) is 17.6 Å². The third-order valence-corrected chi connectivity index (χ3v) is 5.91. The summed E-state index contributed by atoms with van der Waals surface area (Å²) in [6.07, 6.45) is 3.78. The van der Waals surface area contributed by atoms with Crippen LogP contribution in [0.4, 0.5) is 0 Å². The standard InChI is InChI=1S/C18H29ClN2/c1-13-8-9-14(2)18(11-13,12-20)21(4)15(3)16-6-5-7-17(19)10-16/h5-7,10,13-15H,8-9,11-12,20H2,1-4H3. The van der Waals surface area contributed by atoms with Crippen molar-refractivity contribution in [2.75, 3.05) is 13.6 Å². The maximum atomic E-state index is 6.27. The molecule has 1 aromatic carbocycles. The van der Waals surface area contributed by atoms with Crippen molar-refractivity contribution in [2.45, 2.75) is 51.6 Å². The summed E-state index contributed by atoms with van der Waals surface area (Å²) in [7, 11) is 2.23. The lowest BCUT2D eigenvalue weighted by Crippen LogP contribution is -2.59. The van der Waals surface area contributed by atoms with Crippen molar-refractivity contribution >= 4 is 11.6 Å². The molecule has 1 aromatic rings. The van der Waals surface area contributed by atoms with E-state index in [4.69, 9.17) is 17.3 Å². The number of rotatable bonds is 4. The Morgan fingerprint density at radius 1 is 1.38 bits per heavy atom. The molecule has 1 aliphatic carbocycles. The zero-order valence-electron chi connectivity index (χ0n) is 13.8. The van der Waals surface area contributed by atoms with E-state index >= 15 is 0 Å². The van der Waals surface area contributed by atoms with Crippen LogP contribution in [0.2, 0.25) is 5.02 Å². The minimum absolute atomic E-state index is 0.0966. The fourth-order valence-electron chi connectivity index (χ4n) is 4.01. The minimum atomic E-state index is 0.0966. The predicted octanol–water partition coefficient (Wildman–Crippen LogP) is 4.49. The molecule has 0 amide bonds. The topological polar surface area (TPSA) is 29.3 Å². The van der Waals surface area contributed by atoms with Crippen molar-refractivity contribution < 1.29 is 0 Å². The van der Waals surface area contributed by atoms with E-state index in [0.29, 0.717) is 12.0 Å². The lowest BCUT2D eigenvalue weighted by Gasteiger charge is -2.52. The molecule has 1 aliphatic rings. The SMILES string of the molecule is CC1CCC(C)C(CN)(N(C)C(C)c2cccc(Cl)c2)C1. The van der Waals surface area contributed by atoms with Crippen molar-refractivity contribution in [3.8, 4) is 0 Å². The maximum Gasteiger partial charge on any atom is 0.0409 e. The van der Waals surface area contributed by atoms with Crippen molar-refractivity contribution in [1.29, 1.82) is 0 Å². The van der Waals surface area contributed by atoms with E-state index in [-0.39, 0.29) is 5.54 Å². The molecule has 0 aromatic heterocycles. The molecule has 2 rings (SSSR count). The van der Waals surface area contributed by atoms with Crippen LogP contribution in [-0.4, -0.2) is 24.0 Å². The van der Waals surface area contributed by atoms with Gasteiger partial charge >= 0.3 is 0 Å². The van der Waals surface area contributed by atoms with Crippen LogP contribution in [0.1, 0.15) is 51.6 Å². The summed E-state index contributed by atoms with van der Waals surface area (Å²) in [5, 5.41) is 0.805. The lowest BCUT2D eigenvalue weighted by atomic mass is 9.68. The Balaban J connectivity index is 2.28. The summed E-state index contributed by atoms with van der Waals surface area (Å²) in [6, 6.07) is 8.52. The van der Waals surface area contributed by atoms with Gasteiger partial charge in [0, 0.05) is 23.1 Å². The number of hydrogen-bond donors (Lipinski definition) is 1. The molecule has 4 atom stereocenters. The monoisotopic (exact) mass is 308 g/mol. The van der Waals surface area contributed by atoms with E-state index in [1.807, 2.05) is 12.1 Å². The maximum absolute atomic E-state index is 6.27. The predicted molar refractivity (Wildman–Crippen MR) is 91.6 cm³/mol. The van der Waals surface area contributed by atoms with Crippen molar-refractivity contribution in [1.82, 2.24) is 4.90 Å². The zero-order valence-corrected chi connectivity index (χ0v) is 14.5. The molecule has 21 heavy (non-hydrogen) atoms. The number of benzene rings is 1. The van der Waals surface area contributed by atoms with Crippen LogP contribution >= 0.6 is 11.6 Å². The normalized spacial score (nSPS) is 31.4. The van der Waals surface area contributed by atoms with Gasteiger partial charge in [0.05, 0.1) is 0 Å². The molecule has 118 valence electrons. The zero-order chi connectivity index (χ0) is 15.6. The van der Waals surface area contributed by atoms with Gasteiger partial charge < -0.3 is 5.73 Å². The highest BCUT2D eigenvalue weighted by Gasteiger charge is 2.44. The highest BCUT2D eigenvalue weighted by atomic mass is 35.5. The lowest BCUT2D eigenvalue weighted by molar-refractivity contribution is -0.00993. The van der Waals surface area contributed by atoms with Crippen LogP contribution in [0.3, 0.4) is 0 Å². The first-order valence-electron chi connectivity index (χ1n) is 8.09. The van der Waals surface area contributed by atoms with Gasteiger partial charge in [-0.05, 0) is 56.3 Å². The summed E-state index contributed by atoms with van der Waals surface area (Å²) >= 11 is 6.16. The van der Waals surface area contributed by atoms with E-state index < -0.39 is 0 Å². The number of hydrogen-bond acceptors (Lipinski definition) is 2. The van der Waals surface area contributed by atoms with Gasteiger partial charge in [-0.1, -0.05) is 44.0 Å². The first-order chi connectivity index (χ1) is 9.90. The Hall–Kier alpha value is -0.570. The Bertz CT molecular complexity index is 476. The molecule has 3 heteroatoms. The molecule has 1 fully saturated rings. The fourth-order valence-corrected chi connectivity index (χ4v) is 4.20. The summed E-state index contributed by atoms with van der Waals surface area (Å²) in [5.74, 6) is 1.38. The molecule has 0 radical (unpaired) electrons. The van der Waals surface area contributed by atoms with Crippen LogP contribution in [0.25, 0.3) is 0 Å². The third-order valence-electron chi connectivity index (χ3n) is 5.68. The van der Waals surface area contributed by atoms with Crippen LogP contribution in [0, 0.1) is 11.8 Å². The second kappa shape index (κ2) is 6.68. The van der Waals surface area contributed by atoms with Gasteiger partial charge in [-0.15, -0.1) is 0 Å². The van der Waals surface area contributed by atoms with Crippen LogP contribution in [0.15, 0.2) is 24.3 Å². The van der Waals surface area contributed by atoms with Gasteiger partial charge in [-0.2, -0.15) is 0 Å². The van der Waals surface area contributed by atoms with E-state index in [1.54, 1.807) is 0 Å². The van der Waals surface area contributed by atoms with Crippen molar-refractivity contribution in [3.05, 3.63) is 34.9 Å². The number of nitrogens with zero attached hydrogens (tertiary/aromatic N) is 1. The fraction of sp³-hybridized carbons (Fsp3) is 0.667. The molecule has 1 saturated carbocycles. The molecule has 2 N–H and O–H groups in total. The molecule has 2 nitrogen and oxygen atoms in total. The number of likely N-dealkylation sites (N-methyl/N-ethyl adjacent to an activating group) is 1. The Morgan fingerprint density at radius 3 is 2.71 bits per heavy atom. The van der Waals surface area contributed by atoms with Gasteiger partial charge in [-0.25, -0.2) is 0 Å². The van der Waals surface area contributed by atoms with E-state index in [1.165, 1.54) is 24.8 Å². The third kappa shape index (κ3) is 3.28. The molecule has 0 bridgehead atoms. The minimum Gasteiger partial charge on any atom is -0.329 e. The molecule has 0 heterocycles. The second-order valence-corrected chi connectivity index (χ2v) is 7.37. The number of nitrogens with two attached hydrogens (primary N) is 1. The van der Waals surface area contributed by atoms with Gasteiger partial charge in [0.15, 0.2) is 0 Å². The average Bonchev–Trinajstić information content (AvgIpc) is 2.48. The average molecular weight is 309 g/mol. The van der Waals surface area contributed by atoms with Gasteiger partial charge in [0.1, 0.15) is 0 Å². The smallest absolute Gasteiger partial charge is 0.0409 e.